The molecule has 0 saturated carbocycles. The number of aliphatic hydroxyl groups is 1. The quantitative estimate of drug-likeness (QED) is 0.110. The Morgan fingerprint density at radius 3 is 2.07 bits per heavy atom. The fourth-order valence-electron chi connectivity index (χ4n) is 5.16. The van der Waals surface area contributed by atoms with Gasteiger partial charge in [-0.15, -0.1) is 0 Å². The number of benzene rings is 2. The summed E-state index contributed by atoms with van der Waals surface area (Å²) < 4.78 is 46.2. The molecule has 0 amide bonds. The van der Waals surface area contributed by atoms with E-state index < -0.39 is 73.0 Å². The van der Waals surface area contributed by atoms with E-state index in [2.05, 4.69) is 10.0 Å². The number of carbonyl (C=O) groups is 3. The average molecular weight is 644 g/mol. The lowest BCUT2D eigenvalue weighted by Gasteiger charge is -2.46. The van der Waals surface area contributed by atoms with Gasteiger partial charge in [0.25, 0.3) is 0 Å². The fourth-order valence-corrected chi connectivity index (χ4v) is 5.16. The number of azide groups is 1. The second-order valence-electron chi connectivity index (χ2n) is 10.6. The molecular formula is C31H37N3O12. The minimum atomic E-state index is -1.64. The maximum Gasteiger partial charge on any atom is 0.337 e. The van der Waals surface area contributed by atoms with Crippen molar-refractivity contribution in [1.29, 1.82) is 0 Å². The lowest BCUT2D eigenvalue weighted by Crippen LogP contribution is -2.65. The second kappa shape index (κ2) is 17.0. The Balaban J connectivity index is 1.70. The van der Waals surface area contributed by atoms with Crippen molar-refractivity contribution in [3.8, 4) is 0 Å². The van der Waals surface area contributed by atoms with Gasteiger partial charge in [-0.3, -0.25) is 9.59 Å². The lowest BCUT2D eigenvalue weighted by atomic mass is 9.96. The molecule has 9 atom stereocenters. The number of nitrogens with zero attached hydrogens (tertiary/aromatic N) is 3. The Hall–Kier alpha value is -4.08. The highest BCUT2D eigenvalue weighted by molar-refractivity contribution is 5.75. The summed E-state index contributed by atoms with van der Waals surface area (Å²) in [6.07, 6.45) is -10.7. The van der Waals surface area contributed by atoms with Gasteiger partial charge in [0, 0.05) is 18.8 Å². The first-order valence-corrected chi connectivity index (χ1v) is 14.6. The third-order valence-electron chi connectivity index (χ3n) is 7.32. The third kappa shape index (κ3) is 9.23. The van der Waals surface area contributed by atoms with Crippen LogP contribution < -0.4 is 0 Å². The predicted molar refractivity (Wildman–Crippen MR) is 156 cm³/mol. The minimum Gasteiger partial charge on any atom is -0.467 e. The lowest BCUT2D eigenvalue weighted by molar-refractivity contribution is -0.335. The van der Waals surface area contributed by atoms with E-state index in [-0.39, 0.29) is 26.4 Å². The second-order valence-corrected chi connectivity index (χ2v) is 10.6. The first-order valence-electron chi connectivity index (χ1n) is 14.6. The highest BCUT2D eigenvalue weighted by Crippen LogP contribution is 2.33. The molecule has 4 rings (SSSR count). The van der Waals surface area contributed by atoms with Crippen LogP contribution in [-0.4, -0.2) is 98.4 Å². The molecule has 2 aromatic carbocycles. The summed E-state index contributed by atoms with van der Waals surface area (Å²) in [6, 6.07) is 17.3. The Labute approximate surface area is 265 Å². The number of ether oxygens (including phenoxy) is 8. The van der Waals surface area contributed by atoms with E-state index in [1.807, 2.05) is 36.4 Å². The molecule has 15 nitrogen and oxygen atoms in total. The molecule has 2 aliphatic rings. The molecule has 2 fully saturated rings. The molecule has 1 N–H and O–H groups in total. The first-order chi connectivity index (χ1) is 22.2. The molecule has 2 saturated heterocycles. The van der Waals surface area contributed by atoms with E-state index in [1.165, 1.54) is 6.92 Å². The van der Waals surface area contributed by atoms with Gasteiger partial charge in [-0.2, -0.15) is 0 Å². The van der Waals surface area contributed by atoms with Crippen LogP contribution in [0.15, 0.2) is 65.8 Å². The van der Waals surface area contributed by atoms with E-state index in [9.17, 15) is 25.0 Å². The zero-order chi connectivity index (χ0) is 33.1. The van der Waals surface area contributed by atoms with E-state index in [1.54, 1.807) is 24.3 Å². The number of esters is 3. The molecule has 15 heteroatoms. The van der Waals surface area contributed by atoms with Crippen LogP contribution in [0.25, 0.3) is 10.4 Å². The van der Waals surface area contributed by atoms with Crippen molar-refractivity contribution in [2.45, 2.75) is 82.1 Å². The smallest absolute Gasteiger partial charge is 0.337 e. The monoisotopic (exact) mass is 643 g/mol. The summed E-state index contributed by atoms with van der Waals surface area (Å²) >= 11 is 0. The molecule has 2 aromatic rings. The third-order valence-corrected chi connectivity index (χ3v) is 7.32. The number of aliphatic hydroxyl groups excluding tert-OH is 1. The fraction of sp³-hybridized carbons (Fsp3) is 0.516. The van der Waals surface area contributed by atoms with Gasteiger partial charge < -0.3 is 43.0 Å². The van der Waals surface area contributed by atoms with Gasteiger partial charge in [0.2, 0.25) is 0 Å². The van der Waals surface area contributed by atoms with Crippen LogP contribution in [-0.2, 0) is 65.5 Å². The molecule has 0 bridgehead atoms. The molecule has 6 unspecified atom stereocenters. The number of hydrogen-bond acceptors (Lipinski definition) is 13. The first kappa shape index (κ1) is 34.8. The van der Waals surface area contributed by atoms with Gasteiger partial charge in [-0.1, -0.05) is 65.8 Å². The maximum absolute atomic E-state index is 12.8. The Kier molecular flexibility index (Phi) is 12.9. The molecular weight excluding hydrogens is 606 g/mol. The summed E-state index contributed by atoms with van der Waals surface area (Å²) in [5.74, 6) is -2.27. The van der Waals surface area contributed by atoms with Gasteiger partial charge in [0.05, 0.1) is 39.1 Å². The van der Waals surface area contributed by atoms with Crippen LogP contribution in [0.4, 0.5) is 0 Å². The van der Waals surface area contributed by atoms with Crippen LogP contribution in [0.3, 0.4) is 0 Å². The average Bonchev–Trinajstić information content (AvgIpc) is 3.05. The van der Waals surface area contributed by atoms with Gasteiger partial charge in [0.1, 0.15) is 31.0 Å². The zero-order valence-corrected chi connectivity index (χ0v) is 25.6. The summed E-state index contributed by atoms with van der Waals surface area (Å²) in [6.45, 7) is 2.05. The summed E-state index contributed by atoms with van der Waals surface area (Å²) in [4.78, 5) is 39.8. The predicted octanol–water partition coefficient (Wildman–Crippen LogP) is 2.37. The Morgan fingerprint density at radius 1 is 0.913 bits per heavy atom. The van der Waals surface area contributed by atoms with Crippen molar-refractivity contribution in [1.82, 2.24) is 0 Å². The molecule has 0 aliphatic carbocycles. The highest BCUT2D eigenvalue weighted by Gasteiger charge is 2.54. The number of carbonyl (C=O) groups excluding carboxylic acids is 3. The molecule has 248 valence electrons. The maximum atomic E-state index is 12.8. The number of rotatable bonds is 13. The Morgan fingerprint density at radius 2 is 1.52 bits per heavy atom. The summed E-state index contributed by atoms with van der Waals surface area (Å²) in [5, 5.41) is 15.1. The molecule has 0 spiro atoms. The van der Waals surface area contributed by atoms with E-state index in [0.717, 1.165) is 25.2 Å². The standard InChI is InChI=1S/C31H37N3O12/c1-18(35)40-17-23-26(25(22(16-41-23)33-34-32)42-14-20-10-6-4-7-11-20)45-31-29(44-19(2)36)27(24(37)28(46-31)30(38)39-3)43-15-21-12-8-5-9-13-21/h4-13,22-29,31,37H,14-17H2,1-3H3/t22?,23?,24-,25?,26+,27?,28?,29?,31+/m0/s1. The summed E-state index contributed by atoms with van der Waals surface area (Å²) in [5.41, 5.74) is 10.9. The van der Waals surface area contributed by atoms with Crippen LogP contribution in [0, 0.1) is 0 Å². The molecule has 0 aromatic heterocycles. The van der Waals surface area contributed by atoms with E-state index in [0.29, 0.717) is 0 Å². The minimum absolute atomic E-state index is 0.0235. The van der Waals surface area contributed by atoms with Crippen LogP contribution >= 0.6 is 0 Å². The van der Waals surface area contributed by atoms with E-state index in [4.69, 9.17) is 37.9 Å². The van der Waals surface area contributed by atoms with Crippen molar-refractivity contribution in [3.63, 3.8) is 0 Å². The molecule has 2 aliphatic heterocycles. The Bertz CT molecular complexity index is 1340. The van der Waals surface area contributed by atoms with Gasteiger partial charge in [0.15, 0.2) is 18.5 Å². The topological polar surface area (TPSA) is 194 Å². The number of methoxy groups -OCH3 is 1. The zero-order valence-electron chi connectivity index (χ0n) is 25.6. The van der Waals surface area contributed by atoms with Gasteiger partial charge in [-0.05, 0) is 16.7 Å². The number of hydrogen-bond donors (Lipinski definition) is 1. The van der Waals surface area contributed by atoms with Crippen molar-refractivity contribution in [2.75, 3.05) is 20.3 Å². The van der Waals surface area contributed by atoms with E-state index >= 15 is 0 Å². The summed E-state index contributed by atoms with van der Waals surface area (Å²) in [7, 11) is 1.12. The van der Waals surface area contributed by atoms with Crippen molar-refractivity contribution in [2.24, 2.45) is 5.11 Å². The van der Waals surface area contributed by atoms with Gasteiger partial charge >= 0.3 is 17.9 Å². The normalized spacial score (nSPS) is 29.2. The molecule has 46 heavy (non-hydrogen) atoms. The van der Waals surface area contributed by atoms with Crippen LogP contribution in [0.2, 0.25) is 0 Å². The van der Waals surface area contributed by atoms with Crippen molar-refractivity contribution < 1.29 is 57.4 Å². The van der Waals surface area contributed by atoms with Crippen molar-refractivity contribution in [3.05, 3.63) is 82.2 Å². The molecule has 0 radical (unpaired) electrons. The molecule has 2 heterocycles. The largest absolute Gasteiger partial charge is 0.467 e. The van der Waals surface area contributed by atoms with Crippen LogP contribution in [0.5, 0.6) is 0 Å². The van der Waals surface area contributed by atoms with Crippen molar-refractivity contribution >= 4 is 17.9 Å². The van der Waals surface area contributed by atoms with Crippen LogP contribution in [0.1, 0.15) is 25.0 Å². The SMILES string of the molecule is COC(=O)C1O[C@@H](O[C@@H]2C(COC(C)=O)OCC(N=[N+]=[N-])C2OCc2ccccc2)C(OC(C)=O)C(OCc2ccccc2)[C@@H]1O. The van der Waals surface area contributed by atoms with Gasteiger partial charge in [-0.25, -0.2) is 4.79 Å². The highest BCUT2D eigenvalue weighted by atomic mass is 16.7.